The van der Waals surface area contributed by atoms with Gasteiger partial charge in [-0.05, 0) is 29.2 Å². The Hall–Kier alpha value is -2.35. The molecule has 2 aromatic rings. The van der Waals surface area contributed by atoms with Crippen LogP contribution in [0.2, 0.25) is 0 Å². The Kier molecular flexibility index (Phi) is 6.42. The first-order valence-electron chi connectivity index (χ1n) is 8.47. The molecule has 0 aliphatic heterocycles. The van der Waals surface area contributed by atoms with Crippen molar-refractivity contribution < 1.29 is 9.59 Å². The van der Waals surface area contributed by atoms with Crippen LogP contribution in [0, 0.1) is 0 Å². The van der Waals surface area contributed by atoms with E-state index >= 15 is 0 Å². The van der Waals surface area contributed by atoms with Gasteiger partial charge in [-0.2, -0.15) is 0 Å². The quantitative estimate of drug-likeness (QED) is 0.748. The average molecular weight is 375 g/mol. The van der Waals surface area contributed by atoms with Gasteiger partial charge in [-0.25, -0.2) is 9.36 Å². The summed E-state index contributed by atoms with van der Waals surface area (Å²) in [5.41, 5.74) is 2.92. The van der Waals surface area contributed by atoms with E-state index in [1.165, 1.54) is 23.3 Å². The monoisotopic (exact) mass is 375 g/mol. The molecule has 0 unspecified atom stereocenters. The van der Waals surface area contributed by atoms with Crippen molar-refractivity contribution in [2.24, 2.45) is 0 Å². The highest BCUT2D eigenvalue weighted by molar-refractivity contribution is 7.98. The molecule has 0 radical (unpaired) electrons. The van der Waals surface area contributed by atoms with Gasteiger partial charge in [0, 0.05) is 12.6 Å². The zero-order valence-corrected chi connectivity index (χ0v) is 16.8. The topological polar surface area (TPSA) is 88.9 Å². The van der Waals surface area contributed by atoms with Crippen LogP contribution in [0.25, 0.3) is 0 Å². The molecule has 2 rings (SSSR count). The summed E-state index contributed by atoms with van der Waals surface area (Å²) in [7, 11) is 0. The van der Waals surface area contributed by atoms with E-state index in [4.69, 9.17) is 0 Å². The van der Waals surface area contributed by atoms with Crippen molar-refractivity contribution in [2.75, 3.05) is 16.9 Å². The second kappa shape index (κ2) is 8.35. The molecule has 0 fully saturated rings. The minimum atomic E-state index is -0.456. The van der Waals surface area contributed by atoms with Crippen LogP contribution in [0.1, 0.15) is 62.4 Å². The van der Waals surface area contributed by atoms with Crippen molar-refractivity contribution in [3.05, 3.63) is 29.3 Å². The van der Waals surface area contributed by atoms with Gasteiger partial charge in [-0.15, -0.1) is 10.2 Å². The van der Waals surface area contributed by atoms with Gasteiger partial charge >= 0.3 is 6.03 Å². The molecular weight excluding hydrogens is 350 g/mol. The van der Waals surface area contributed by atoms with Crippen molar-refractivity contribution in [2.45, 2.75) is 51.6 Å². The highest BCUT2D eigenvalue weighted by atomic mass is 32.2. The zero-order valence-electron chi connectivity index (χ0n) is 16.0. The third kappa shape index (κ3) is 4.24. The summed E-state index contributed by atoms with van der Waals surface area (Å²) in [6, 6.07) is 5.57. The Morgan fingerprint density at radius 1 is 1.04 bits per heavy atom. The van der Waals surface area contributed by atoms with Crippen molar-refractivity contribution in [3.63, 3.8) is 0 Å². The summed E-state index contributed by atoms with van der Waals surface area (Å²) in [5.74, 6) is 0.355. The van der Waals surface area contributed by atoms with Crippen molar-refractivity contribution in [1.82, 2.24) is 14.8 Å². The summed E-state index contributed by atoms with van der Waals surface area (Å²) >= 11 is 1.29. The minimum Gasteiger partial charge on any atom is -0.307 e. The number of urea groups is 1. The second-order valence-corrected chi connectivity index (χ2v) is 7.34. The molecule has 1 heterocycles. The Morgan fingerprint density at radius 3 is 2.08 bits per heavy atom. The molecule has 1 aromatic carbocycles. The lowest BCUT2D eigenvalue weighted by Gasteiger charge is -2.20. The number of nitrogens with zero attached hydrogens (tertiary/aromatic N) is 3. The third-order valence-electron chi connectivity index (χ3n) is 3.97. The first kappa shape index (κ1) is 20.0. The molecule has 0 saturated heterocycles. The van der Waals surface area contributed by atoms with Gasteiger partial charge < -0.3 is 5.32 Å². The molecular formula is C18H25N5O2S. The number of hydrogen-bond donors (Lipinski definition) is 2. The third-order valence-corrected chi connectivity index (χ3v) is 4.60. The number of para-hydroxylation sites is 1. The molecule has 0 spiro atoms. The average Bonchev–Trinajstić information content (AvgIpc) is 2.97. The Balaban J connectivity index is 2.32. The number of carbonyl (C=O) groups is 2. The standard InChI is InChI=1S/C18H25N5O2S/c1-10(2)13-8-7-9-14(11(3)4)15(13)19-17(25)20-16-21-22-18(26-6)23(16)12(5)24/h7-11H,1-6H3,(H2,19,20,21,25). The van der Waals surface area contributed by atoms with Crippen LogP contribution in [-0.2, 0) is 0 Å². The SMILES string of the molecule is CSc1nnc(NC(=O)Nc2c(C(C)C)cccc2C(C)C)n1C(C)=O. The molecule has 0 aliphatic carbocycles. The van der Waals surface area contributed by atoms with Crippen molar-refractivity contribution >= 4 is 35.3 Å². The van der Waals surface area contributed by atoms with Crippen LogP contribution in [-0.4, -0.2) is 33.0 Å². The van der Waals surface area contributed by atoms with Gasteiger partial charge in [0.1, 0.15) is 0 Å². The maximum Gasteiger partial charge on any atom is 0.326 e. The van der Waals surface area contributed by atoms with E-state index in [1.54, 1.807) is 6.26 Å². The van der Waals surface area contributed by atoms with Crippen LogP contribution in [0.4, 0.5) is 16.4 Å². The molecule has 2 amide bonds. The van der Waals surface area contributed by atoms with Gasteiger partial charge in [0.25, 0.3) is 0 Å². The van der Waals surface area contributed by atoms with E-state index in [-0.39, 0.29) is 23.7 Å². The highest BCUT2D eigenvalue weighted by Gasteiger charge is 2.19. The predicted octanol–water partition coefficient (Wildman–Crippen LogP) is 4.55. The van der Waals surface area contributed by atoms with E-state index in [9.17, 15) is 9.59 Å². The van der Waals surface area contributed by atoms with E-state index < -0.39 is 6.03 Å². The number of carbonyl (C=O) groups excluding carboxylic acids is 2. The van der Waals surface area contributed by atoms with Crippen LogP contribution in [0.5, 0.6) is 0 Å². The van der Waals surface area contributed by atoms with E-state index in [0.717, 1.165) is 16.8 Å². The minimum absolute atomic E-state index is 0.104. The Bertz CT molecular complexity index is 788. The van der Waals surface area contributed by atoms with E-state index in [2.05, 4.69) is 48.5 Å². The first-order valence-corrected chi connectivity index (χ1v) is 9.69. The van der Waals surface area contributed by atoms with Gasteiger partial charge in [-0.1, -0.05) is 57.7 Å². The molecule has 0 aliphatic rings. The van der Waals surface area contributed by atoms with Crippen molar-refractivity contribution in [1.29, 1.82) is 0 Å². The number of hydrogen-bond acceptors (Lipinski definition) is 5. The lowest BCUT2D eigenvalue weighted by molar-refractivity contribution is 0.0929. The molecule has 8 heteroatoms. The van der Waals surface area contributed by atoms with Crippen LogP contribution in [0.15, 0.2) is 23.4 Å². The molecule has 140 valence electrons. The largest absolute Gasteiger partial charge is 0.326 e. The maximum absolute atomic E-state index is 12.6. The smallest absolute Gasteiger partial charge is 0.307 e. The molecule has 26 heavy (non-hydrogen) atoms. The van der Waals surface area contributed by atoms with Gasteiger partial charge in [0.2, 0.25) is 11.9 Å². The maximum atomic E-state index is 12.6. The molecule has 1 aromatic heterocycles. The summed E-state index contributed by atoms with van der Waals surface area (Å²) in [6.45, 7) is 9.73. The lowest BCUT2D eigenvalue weighted by Crippen LogP contribution is -2.25. The number of benzene rings is 1. The van der Waals surface area contributed by atoms with Crippen LogP contribution < -0.4 is 10.6 Å². The number of anilines is 2. The Morgan fingerprint density at radius 2 is 1.62 bits per heavy atom. The van der Waals surface area contributed by atoms with Crippen molar-refractivity contribution in [3.8, 4) is 0 Å². The first-order chi connectivity index (χ1) is 12.3. The summed E-state index contributed by atoms with van der Waals surface area (Å²) in [5, 5.41) is 13.8. The summed E-state index contributed by atoms with van der Waals surface area (Å²) in [6.07, 6.45) is 1.79. The zero-order chi connectivity index (χ0) is 19.4. The second-order valence-electron chi connectivity index (χ2n) is 6.56. The molecule has 2 N–H and O–H groups in total. The van der Waals surface area contributed by atoms with Gasteiger partial charge in [0.05, 0.1) is 0 Å². The van der Waals surface area contributed by atoms with Gasteiger partial charge in [0.15, 0.2) is 5.16 Å². The van der Waals surface area contributed by atoms with Crippen LogP contribution in [0.3, 0.4) is 0 Å². The van der Waals surface area contributed by atoms with E-state index in [0.29, 0.717) is 5.16 Å². The summed E-state index contributed by atoms with van der Waals surface area (Å²) in [4.78, 5) is 24.4. The normalized spacial score (nSPS) is 11.1. The number of rotatable bonds is 5. The fourth-order valence-electron chi connectivity index (χ4n) is 2.71. The fourth-order valence-corrected chi connectivity index (χ4v) is 3.23. The molecule has 0 atom stereocenters. The Labute approximate surface area is 158 Å². The molecule has 0 saturated carbocycles. The highest BCUT2D eigenvalue weighted by Crippen LogP contribution is 2.32. The lowest BCUT2D eigenvalue weighted by atomic mass is 9.93. The van der Waals surface area contributed by atoms with Gasteiger partial charge in [-0.3, -0.25) is 10.1 Å². The summed E-state index contributed by atoms with van der Waals surface area (Å²) < 4.78 is 1.28. The van der Waals surface area contributed by atoms with Crippen LogP contribution >= 0.6 is 11.8 Å². The predicted molar refractivity (Wildman–Crippen MR) is 105 cm³/mol. The number of nitrogens with one attached hydrogen (secondary N) is 2. The number of thioether (sulfide) groups is 1. The fraction of sp³-hybridized carbons (Fsp3) is 0.444. The number of aromatic nitrogens is 3. The van der Waals surface area contributed by atoms with E-state index in [1.807, 2.05) is 18.2 Å². The number of amides is 2. The molecule has 7 nitrogen and oxygen atoms in total. The molecule has 0 bridgehead atoms.